The lowest BCUT2D eigenvalue weighted by Gasteiger charge is -2.10. The summed E-state index contributed by atoms with van der Waals surface area (Å²) in [6.45, 7) is 2.08. The topological polar surface area (TPSA) is 62.7 Å². The molecule has 2 N–H and O–H groups in total. The van der Waals surface area contributed by atoms with Gasteiger partial charge in [-0.3, -0.25) is 9.78 Å². The Labute approximate surface area is 188 Å². The number of H-pyrrole nitrogens is 1. The van der Waals surface area contributed by atoms with Gasteiger partial charge in [-0.15, -0.1) is 0 Å². The van der Waals surface area contributed by atoms with Gasteiger partial charge in [0.1, 0.15) is 11.5 Å². The third-order valence-corrected chi connectivity index (χ3v) is 6.86. The first-order chi connectivity index (χ1) is 15.5. The molecule has 0 aliphatic heterocycles. The number of aromatic nitrogens is 3. The fraction of sp³-hybridized carbons (Fsp3) is 0.120. The molecule has 0 unspecified atom stereocenters. The average molecular weight is 445 g/mol. The second-order valence-electron chi connectivity index (χ2n) is 7.65. The number of hydrogen-bond acceptors (Lipinski definition) is 3. The molecule has 0 saturated carbocycles. The smallest absolute Gasteiger partial charge is 0.268 e. The molecule has 0 aliphatic rings. The van der Waals surface area contributed by atoms with Crippen molar-refractivity contribution < 1.29 is 9.18 Å². The first-order valence-electron chi connectivity index (χ1n) is 10.2. The van der Waals surface area contributed by atoms with Crippen LogP contribution < -0.4 is 5.32 Å². The molecule has 0 radical (unpaired) electrons. The molecule has 7 heteroatoms. The van der Waals surface area contributed by atoms with E-state index in [1.165, 1.54) is 6.07 Å². The van der Waals surface area contributed by atoms with Crippen molar-refractivity contribution in [2.24, 2.45) is 7.05 Å². The highest BCUT2D eigenvalue weighted by Crippen LogP contribution is 2.33. The van der Waals surface area contributed by atoms with Crippen molar-refractivity contribution in [2.75, 3.05) is 0 Å². The van der Waals surface area contributed by atoms with Gasteiger partial charge in [0, 0.05) is 63.3 Å². The largest absolute Gasteiger partial charge is 0.361 e. The van der Waals surface area contributed by atoms with Crippen LogP contribution in [0.4, 0.5) is 4.39 Å². The number of carbonyl (C=O) groups is 1. The Morgan fingerprint density at radius 3 is 2.94 bits per heavy atom. The normalized spacial score (nSPS) is 11.3. The summed E-state index contributed by atoms with van der Waals surface area (Å²) in [7, 11) is 1.87. The summed E-state index contributed by atoms with van der Waals surface area (Å²) >= 11 is 1.62. The number of fused-ring (bicyclic) bond motifs is 2. The third kappa shape index (κ3) is 3.65. The molecular formula is C25H21FN4OS. The number of carbonyl (C=O) groups excluding carboxylic acids is 1. The van der Waals surface area contributed by atoms with E-state index in [1.54, 1.807) is 30.1 Å². The van der Waals surface area contributed by atoms with Crippen molar-refractivity contribution in [3.8, 4) is 0 Å². The number of rotatable bonds is 5. The van der Waals surface area contributed by atoms with Crippen LogP contribution in [0.5, 0.6) is 0 Å². The lowest BCUT2D eigenvalue weighted by molar-refractivity contribution is 0.0942. The molecule has 2 aromatic carbocycles. The maximum atomic E-state index is 14.5. The quantitative estimate of drug-likeness (QED) is 0.372. The Kier molecular flexibility index (Phi) is 5.19. The van der Waals surface area contributed by atoms with E-state index in [1.807, 2.05) is 42.9 Å². The fourth-order valence-electron chi connectivity index (χ4n) is 3.84. The van der Waals surface area contributed by atoms with Gasteiger partial charge in [-0.2, -0.15) is 0 Å². The van der Waals surface area contributed by atoms with E-state index in [9.17, 15) is 9.18 Å². The average Bonchev–Trinajstić information content (AvgIpc) is 3.38. The predicted molar refractivity (Wildman–Crippen MR) is 125 cm³/mol. The van der Waals surface area contributed by atoms with Crippen LogP contribution in [0.2, 0.25) is 0 Å². The Morgan fingerprint density at radius 2 is 2.06 bits per heavy atom. The van der Waals surface area contributed by atoms with Crippen LogP contribution in [0.3, 0.4) is 0 Å². The van der Waals surface area contributed by atoms with Gasteiger partial charge < -0.3 is 14.9 Å². The molecule has 5 aromatic rings. The van der Waals surface area contributed by atoms with Gasteiger partial charge in [0.25, 0.3) is 5.91 Å². The summed E-state index contributed by atoms with van der Waals surface area (Å²) < 4.78 is 16.3. The van der Waals surface area contributed by atoms with E-state index in [-0.39, 0.29) is 18.3 Å². The maximum Gasteiger partial charge on any atom is 0.268 e. The molecule has 32 heavy (non-hydrogen) atoms. The Hall–Kier alpha value is -3.58. The molecule has 5 nitrogen and oxygen atoms in total. The second kappa shape index (κ2) is 8.16. The zero-order valence-electron chi connectivity index (χ0n) is 17.6. The highest BCUT2D eigenvalue weighted by molar-refractivity contribution is 7.99. The predicted octanol–water partition coefficient (Wildman–Crippen LogP) is 5.58. The standard InChI is InChI=1S/C25H21FN4OS/c1-15-24(32-17-5-7-21-16(12-17)9-11-28-21)13-23(30(15)2)25(31)29-14-19-18-4-3-10-27-22(18)8-6-20(19)26/h3-13,28H,14H2,1-2H3,(H,29,31). The molecule has 0 spiro atoms. The van der Waals surface area contributed by atoms with Crippen LogP contribution in [0.25, 0.3) is 21.8 Å². The number of aromatic amines is 1. The lowest BCUT2D eigenvalue weighted by atomic mass is 10.1. The Morgan fingerprint density at radius 1 is 1.19 bits per heavy atom. The monoisotopic (exact) mass is 444 g/mol. The lowest BCUT2D eigenvalue weighted by Crippen LogP contribution is -2.25. The number of amides is 1. The van der Waals surface area contributed by atoms with E-state index in [2.05, 4.69) is 33.5 Å². The summed E-state index contributed by atoms with van der Waals surface area (Å²) in [5.74, 6) is -0.603. The molecular weight excluding hydrogens is 423 g/mol. The summed E-state index contributed by atoms with van der Waals surface area (Å²) in [5.41, 5.74) is 3.76. The molecule has 5 rings (SSSR count). The first-order valence-corrected chi connectivity index (χ1v) is 11.0. The Bertz CT molecular complexity index is 1470. The SMILES string of the molecule is Cc1c(Sc2ccc3[nH]ccc3c2)cc(C(=O)NCc2c(F)ccc3ncccc23)n1C. The minimum atomic E-state index is -0.356. The van der Waals surface area contributed by atoms with Gasteiger partial charge in [0.05, 0.1) is 5.52 Å². The van der Waals surface area contributed by atoms with Crippen LogP contribution >= 0.6 is 11.8 Å². The number of nitrogens with zero attached hydrogens (tertiary/aromatic N) is 2. The van der Waals surface area contributed by atoms with Crippen molar-refractivity contribution in [3.05, 3.63) is 89.8 Å². The molecule has 0 saturated heterocycles. The molecule has 0 atom stereocenters. The molecule has 3 aromatic heterocycles. The van der Waals surface area contributed by atoms with Crippen LogP contribution in [-0.2, 0) is 13.6 Å². The Balaban J connectivity index is 1.37. The van der Waals surface area contributed by atoms with E-state index in [0.717, 1.165) is 26.4 Å². The molecule has 0 bridgehead atoms. The molecule has 0 aliphatic carbocycles. The first kappa shape index (κ1) is 20.3. The summed E-state index contributed by atoms with van der Waals surface area (Å²) in [6.07, 6.45) is 3.59. The van der Waals surface area contributed by atoms with Gasteiger partial charge in [-0.05, 0) is 55.5 Å². The molecule has 160 valence electrons. The van der Waals surface area contributed by atoms with Gasteiger partial charge in [-0.25, -0.2) is 4.39 Å². The number of pyridine rings is 1. The summed E-state index contributed by atoms with van der Waals surface area (Å²) in [6, 6.07) is 16.8. The van der Waals surface area contributed by atoms with Crippen molar-refractivity contribution in [1.82, 2.24) is 19.9 Å². The summed E-state index contributed by atoms with van der Waals surface area (Å²) in [5, 5.41) is 4.72. The number of halogens is 1. The number of nitrogens with one attached hydrogen (secondary N) is 2. The third-order valence-electron chi connectivity index (χ3n) is 5.74. The van der Waals surface area contributed by atoms with Gasteiger partial charge in [-0.1, -0.05) is 17.8 Å². The molecule has 0 fully saturated rings. The van der Waals surface area contributed by atoms with Gasteiger partial charge in [0.15, 0.2) is 0 Å². The van der Waals surface area contributed by atoms with Crippen molar-refractivity contribution >= 4 is 39.5 Å². The highest BCUT2D eigenvalue weighted by Gasteiger charge is 2.17. The van der Waals surface area contributed by atoms with Crippen LogP contribution in [0.1, 0.15) is 21.7 Å². The highest BCUT2D eigenvalue weighted by atomic mass is 32.2. The van der Waals surface area contributed by atoms with Crippen molar-refractivity contribution in [3.63, 3.8) is 0 Å². The van der Waals surface area contributed by atoms with Crippen molar-refractivity contribution in [2.45, 2.75) is 23.3 Å². The van der Waals surface area contributed by atoms with Crippen LogP contribution in [-0.4, -0.2) is 20.4 Å². The van der Waals surface area contributed by atoms with E-state index < -0.39 is 0 Å². The zero-order chi connectivity index (χ0) is 22.2. The zero-order valence-corrected chi connectivity index (χ0v) is 18.5. The second-order valence-corrected chi connectivity index (χ2v) is 8.76. The summed E-state index contributed by atoms with van der Waals surface area (Å²) in [4.78, 5) is 22.5. The maximum absolute atomic E-state index is 14.5. The van der Waals surface area contributed by atoms with E-state index in [0.29, 0.717) is 22.2 Å². The number of benzene rings is 2. The van der Waals surface area contributed by atoms with Gasteiger partial charge in [0.2, 0.25) is 0 Å². The van der Waals surface area contributed by atoms with Crippen molar-refractivity contribution in [1.29, 1.82) is 0 Å². The molecule has 1 amide bonds. The minimum Gasteiger partial charge on any atom is -0.361 e. The van der Waals surface area contributed by atoms with E-state index >= 15 is 0 Å². The minimum absolute atomic E-state index is 0.0879. The number of hydrogen-bond donors (Lipinski definition) is 2. The van der Waals surface area contributed by atoms with Crippen LogP contribution in [0.15, 0.2) is 76.8 Å². The fourth-order valence-corrected chi connectivity index (χ4v) is 4.87. The molecule has 3 heterocycles. The van der Waals surface area contributed by atoms with Gasteiger partial charge >= 0.3 is 0 Å². The van der Waals surface area contributed by atoms with E-state index in [4.69, 9.17) is 0 Å². The van der Waals surface area contributed by atoms with Crippen LogP contribution in [0, 0.1) is 12.7 Å².